The quantitative estimate of drug-likeness (QED) is 0.0149. The summed E-state index contributed by atoms with van der Waals surface area (Å²) in [5, 5.41) is 0. The third kappa shape index (κ3) is 25.9. The molecular weight excluding hydrogens is 2190 g/mol. The first-order valence-corrected chi connectivity index (χ1v) is 62.2. The average Bonchev–Trinajstić information content (AvgIpc) is 1.63. The van der Waals surface area contributed by atoms with Gasteiger partial charge >= 0.3 is 76.0 Å². The number of hydrogen-bond donors (Lipinski definition) is 14. The number of nitrogens with two attached hydrogens (primary N) is 2. The molecule has 0 amide bonds. The van der Waals surface area contributed by atoms with E-state index in [-0.39, 0.29) is 69.9 Å². The summed E-state index contributed by atoms with van der Waals surface area (Å²) in [5.74, 6) is 0.152. The molecule has 0 saturated carbocycles. The van der Waals surface area contributed by atoms with Gasteiger partial charge in [-0.15, -0.1) is 0 Å². The number of H-pyrrole nitrogens is 5. The smallest absolute Gasteiger partial charge is 0.382 e. The van der Waals surface area contributed by atoms with Gasteiger partial charge in [-0.05, 0) is 41.0 Å². The standard InChI is InChI=1S/C72H95N20O38P7S7/c1-8-36-37(9-55(117-36)91-29-79-57-59(73)75-27-77-61(57)91)125-132(104,139)111-26-49-43(15-56(123-49)92-30-80-58-60(74)76-28-78-62(58)92)130-137(109,144)116-25-48-42(14-54(122-48)90-20-35(6)67(97)85-72(90)102)129-136(108,143)115-24-47-41(13-53(121-47)89-19-34(5)66(96)84-71(89)101)128-135(107,142)114-23-46-40(12-52(120-46)88-18-33(4)65(95)83-70(88)100)127-134(106,141)113-22-45-39(11-51(119-45)87-17-32(3)64(94)82-69(87)99)126-133(105,140)112-21-44-38(124-131(103,138)110-7)10-50(118-44)86-16-31(2)63(93)81-68(86)98/h16-20,27-30,36-56H,8-15,21-26H2,1-7H3,(H,103,138)(H,104,139)(H,105,140)(H,106,141)(H,107,142)(H,108,143)(H,109,144)(H2,73,75,77)(H2,74,76,78)(H,81,93,98)(H,82,94,99)(H,83,95,100)(H,84,96,101)(H,85,97,102)/t36-,37-,38-,39-,40-,41-,42-,43-,44-,45-,46-,47-,48-,49-,50-,51-,52-,53-,54-,55-,56-,131?,132?,133?,134?,135?,136?,137?/m1/s1. The minimum atomic E-state index is -4.97. The summed E-state index contributed by atoms with van der Waals surface area (Å²) in [6.45, 7) is -29.2. The average molecular weight is 2290 g/mol. The molecule has 788 valence electrons. The van der Waals surface area contributed by atoms with E-state index in [1.165, 1.54) is 70.7 Å². The minimum absolute atomic E-state index is 0.000290. The van der Waals surface area contributed by atoms with Gasteiger partial charge in [0.1, 0.15) is 141 Å². The maximum absolute atomic E-state index is 15.0. The van der Waals surface area contributed by atoms with E-state index in [2.05, 4.69) is 141 Å². The topological polar surface area (TPSA) is 727 Å². The number of nitrogen functional groups attached to an aromatic ring is 2. The Balaban J connectivity index is 0.603. The molecular formula is C72H95N20O38P7S7. The second kappa shape index (κ2) is 44.3. The first-order valence-electron chi connectivity index (χ1n) is 43.3. The van der Waals surface area contributed by atoms with Crippen molar-refractivity contribution >= 4 is 167 Å². The van der Waals surface area contributed by atoms with Gasteiger partial charge in [-0.1, -0.05) is 92.7 Å². The van der Waals surface area contributed by atoms with Crippen molar-refractivity contribution in [1.29, 1.82) is 0 Å². The zero-order valence-electron chi connectivity index (χ0n) is 76.0. The SMILES string of the molecule is CC[C@H]1O[C@@H](n2cnc3c(N)ncnc32)C[C@H]1OP(=O)(S)OC[C@H]1O[C@@H](n2cnc3c(N)ncnc32)C[C@H]1OP(=O)(S)OC[C@H]1O[C@@H](n2cc(C)c(=O)[nH]c2=O)C[C@H]1OP(=O)(S)OC[C@H]1O[C@@H](n2cc(C)c(=O)[nH]c2=O)C[C@H]1OP(=O)(S)OC[C@H]1O[C@@H](n2cc(C)c(=O)[nH]c2=O)C[C@H]1OP(=O)(S)OC[C@H]1O[C@@H](n2cc(C)c(=O)[nH]c2=O)C[C@H]1OP(=O)(S)OC[C@H]1O[C@@H](n2cc(C)c(=O)[nH]c2=O)C[C@H]1OP(=O)(S)OC. The molecule has 7 aliphatic rings. The summed E-state index contributed by atoms with van der Waals surface area (Å²) in [7, 11) is 1.04. The number of anilines is 2. The van der Waals surface area contributed by atoms with Crippen LogP contribution in [0.2, 0.25) is 0 Å². The molecule has 144 heavy (non-hydrogen) atoms. The Hall–Kier alpha value is -6.68. The first-order chi connectivity index (χ1) is 67.8. The van der Waals surface area contributed by atoms with Crippen molar-refractivity contribution in [3.05, 3.63) is 188 Å². The van der Waals surface area contributed by atoms with Gasteiger partial charge in [0.25, 0.3) is 27.8 Å². The van der Waals surface area contributed by atoms with E-state index in [1.54, 1.807) is 4.57 Å². The van der Waals surface area contributed by atoms with Gasteiger partial charge in [-0.25, -0.2) is 85.8 Å². The molecule has 7 saturated heterocycles. The van der Waals surface area contributed by atoms with Crippen molar-refractivity contribution in [2.24, 2.45) is 0 Å². The molecule has 0 radical (unpaired) electrons. The van der Waals surface area contributed by atoms with Gasteiger partial charge in [0.15, 0.2) is 22.9 Å². The lowest BCUT2D eigenvalue weighted by Crippen LogP contribution is -2.33. The number of hydrogen-bond acceptors (Lipinski definition) is 46. The number of thiol groups is 7. The molecule has 9 aromatic heterocycles. The fourth-order valence-electron chi connectivity index (χ4n) is 16.7. The lowest BCUT2D eigenvalue weighted by Gasteiger charge is -2.27. The molecule has 0 aliphatic carbocycles. The number of nitrogens with one attached hydrogen (secondary N) is 5. The summed E-state index contributed by atoms with van der Waals surface area (Å²) in [6.07, 6.45) is -19.0. The Morgan fingerprint density at radius 3 is 0.715 bits per heavy atom. The molecule has 7 aliphatic heterocycles. The monoisotopic (exact) mass is 2290 g/mol. The Morgan fingerprint density at radius 1 is 0.312 bits per heavy atom. The Bertz CT molecular complexity index is 7400. The molecule has 16 rings (SSSR count). The third-order valence-electron chi connectivity index (χ3n) is 23.9. The van der Waals surface area contributed by atoms with E-state index < -0.39 is 298 Å². The van der Waals surface area contributed by atoms with Gasteiger partial charge in [0, 0.05) is 111 Å². The molecule has 16 heterocycles. The van der Waals surface area contributed by atoms with Crippen molar-refractivity contribution in [1.82, 2.24) is 86.8 Å². The number of aryl methyl sites for hydroxylation is 5. The molecule has 0 aromatic carbocycles. The number of ether oxygens (including phenoxy) is 7. The lowest BCUT2D eigenvalue weighted by molar-refractivity contribution is -0.0542. The van der Waals surface area contributed by atoms with E-state index in [0.29, 0.717) is 17.6 Å². The summed E-state index contributed by atoms with van der Waals surface area (Å²) in [6, 6.07) is 0. The van der Waals surface area contributed by atoms with Crippen molar-refractivity contribution in [3.8, 4) is 0 Å². The van der Waals surface area contributed by atoms with Crippen LogP contribution in [0, 0.1) is 34.6 Å². The number of imidazole rings is 2. The van der Waals surface area contributed by atoms with Crippen molar-refractivity contribution in [2.75, 3.05) is 58.2 Å². The number of nitrogens with zero attached hydrogens (tertiary/aromatic N) is 13. The van der Waals surface area contributed by atoms with Crippen LogP contribution in [-0.4, -0.2) is 219 Å². The van der Waals surface area contributed by atoms with E-state index in [0.717, 1.165) is 54.7 Å². The van der Waals surface area contributed by atoms with Crippen LogP contribution in [-0.2, 0) is 128 Å². The van der Waals surface area contributed by atoms with E-state index in [4.69, 9.17) is 108 Å². The van der Waals surface area contributed by atoms with Gasteiger partial charge in [0.05, 0.1) is 64.5 Å². The minimum Gasteiger partial charge on any atom is -0.382 e. The number of fused-ring (bicyclic) bond motifs is 2. The Labute approximate surface area is 845 Å². The highest BCUT2D eigenvalue weighted by Gasteiger charge is 2.53. The van der Waals surface area contributed by atoms with Gasteiger partial charge in [-0.2, -0.15) is 0 Å². The summed E-state index contributed by atoms with van der Waals surface area (Å²) >= 11 is 29.8. The Kier molecular flexibility index (Phi) is 33.9. The fourth-order valence-corrected chi connectivity index (χ4v) is 26.9. The number of aromatic nitrogens is 18. The molecule has 72 heteroatoms. The molecule has 9 N–H and O–H groups in total. The van der Waals surface area contributed by atoms with Gasteiger partial charge in [-0.3, -0.25) is 140 Å². The number of aromatic amines is 5. The number of rotatable bonds is 41. The van der Waals surface area contributed by atoms with Crippen LogP contribution in [0.4, 0.5) is 11.6 Å². The summed E-state index contributed by atoms with van der Waals surface area (Å²) in [4.78, 5) is 166. The van der Waals surface area contributed by atoms with Crippen molar-refractivity contribution < 1.29 is 128 Å². The zero-order valence-corrected chi connectivity index (χ0v) is 88.5. The maximum Gasteiger partial charge on any atom is 0.386 e. The fraction of sp³-hybridized carbons (Fsp3) is 0.583. The van der Waals surface area contributed by atoms with E-state index in [1.807, 2.05) is 6.92 Å². The Morgan fingerprint density at radius 2 is 0.507 bits per heavy atom. The van der Waals surface area contributed by atoms with Crippen molar-refractivity contribution in [3.63, 3.8) is 0 Å². The highest BCUT2D eigenvalue weighted by molar-refractivity contribution is 8.46. The third-order valence-corrected chi connectivity index (χ3v) is 35.5. The van der Waals surface area contributed by atoms with Crippen LogP contribution < -0.4 is 67.7 Å². The summed E-state index contributed by atoms with van der Waals surface area (Å²) in [5.41, 5.74) is 4.76. The van der Waals surface area contributed by atoms with E-state index >= 15 is 0 Å². The zero-order chi connectivity index (χ0) is 104. The maximum atomic E-state index is 15.0. The molecule has 0 bridgehead atoms. The molecule has 0 spiro atoms. The largest absolute Gasteiger partial charge is 0.386 e. The predicted octanol–water partition coefficient (Wildman–Crippen LogP) is 6.25. The van der Waals surface area contributed by atoms with Crippen LogP contribution in [0.3, 0.4) is 0 Å². The molecule has 9 aromatic rings. The normalized spacial score (nSPS) is 29.7. The van der Waals surface area contributed by atoms with Crippen molar-refractivity contribution in [2.45, 2.75) is 222 Å². The highest BCUT2D eigenvalue weighted by atomic mass is 32.7. The second-order valence-electron chi connectivity index (χ2n) is 33.8. The molecule has 7 fully saturated rings. The lowest BCUT2D eigenvalue weighted by atomic mass is 10.1. The van der Waals surface area contributed by atoms with Crippen LogP contribution in [0.25, 0.3) is 22.3 Å². The van der Waals surface area contributed by atoms with Crippen LogP contribution in [0.5, 0.6) is 0 Å². The van der Waals surface area contributed by atoms with Crippen LogP contribution in [0.15, 0.2) is 104 Å². The second-order valence-corrected chi connectivity index (χ2v) is 54.0. The highest BCUT2D eigenvalue weighted by Crippen LogP contribution is 2.65. The van der Waals surface area contributed by atoms with E-state index in [9.17, 15) is 79.9 Å². The van der Waals surface area contributed by atoms with Gasteiger partial charge in [0.2, 0.25) is 0 Å². The predicted molar refractivity (Wildman–Crippen MR) is 523 cm³/mol. The summed E-state index contributed by atoms with van der Waals surface area (Å²) < 4.78 is 236. The molecule has 58 nitrogen and oxygen atoms in total. The van der Waals surface area contributed by atoms with Gasteiger partial charge < -0.3 is 49.1 Å². The molecule has 28 atom stereocenters. The van der Waals surface area contributed by atoms with Crippen LogP contribution in [0.1, 0.15) is 130 Å². The molecule has 7 unspecified atom stereocenters. The first kappa shape index (κ1) is 110. The van der Waals surface area contributed by atoms with Crippen LogP contribution >= 0.6 is 133 Å².